The number of hydrogen-bond acceptors (Lipinski definition) is 32. The van der Waals surface area contributed by atoms with Crippen molar-refractivity contribution in [3.05, 3.63) is 156 Å². The predicted octanol–water partition coefficient (Wildman–Crippen LogP) is 1.42. The number of aliphatic carboxylic acids is 1. The smallest absolute Gasteiger partial charge is 0.471 e. The Morgan fingerprint density at radius 3 is 1.33 bits per heavy atom. The average molecular weight is 1660 g/mol. The van der Waals surface area contributed by atoms with Crippen LogP contribution in [0.15, 0.2) is 106 Å². The van der Waals surface area contributed by atoms with Gasteiger partial charge in [-0.1, -0.05) is 5.92 Å². The largest absolute Gasteiger partial charge is 0.480 e. The maximum atomic E-state index is 13.3. The number of carboxylic acids is 2. The molecule has 624 valence electrons. The SMILES string of the molecule is C#CCOCCOCCOCCOCCOCCOCCNC(=O)CC[C@@H](NC(=O)c1ccc(NCc2cnc3nc(N)[nH]c(=O)c3n2)cc1)C(=O)O.Nc1nc2ncc(CN(C(=O)C(F)(F)F)c3ccc(C(=O)O)cc3)nc2c(=O)[nH]1.Nc1nc2ncc(CN(C(=O)C(F)(F)F)c3ccc(C(=O)ON4C(=O)CCC4=O)cc3)nc2c(=O)[nH]1. The van der Waals surface area contributed by atoms with Crippen LogP contribution < -0.4 is 59.6 Å². The molecule has 0 bridgehead atoms. The van der Waals surface area contributed by atoms with Gasteiger partial charge in [-0.25, -0.2) is 44.3 Å². The minimum atomic E-state index is -5.27. The van der Waals surface area contributed by atoms with Crippen molar-refractivity contribution in [3.63, 3.8) is 0 Å². The third-order valence-electron chi connectivity index (χ3n) is 15.6. The van der Waals surface area contributed by atoms with Gasteiger partial charge in [0.2, 0.25) is 23.8 Å². The van der Waals surface area contributed by atoms with Gasteiger partial charge in [0.25, 0.3) is 34.4 Å². The molecule has 6 aromatic heterocycles. The van der Waals surface area contributed by atoms with Gasteiger partial charge < -0.3 is 76.6 Å². The normalized spacial score (nSPS) is 12.2. The lowest BCUT2D eigenvalue weighted by molar-refractivity contribution is -0.172. The van der Waals surface area contributed by atoms with Crippen molar-refractivity contribution in [2.24, 2.45) is 0 Å². The lowest BCUT2D eigenvalue weighted by atomic mass is 10.1. The number of carboxylic acid groups (broad SMARTS) is 2. The number of rotatable bonds is 37. The van der Waals surface area contributed by atoms with Crippen LogP contribution in [0.3, 0.4) is 0 Å². The summed E-state index contributed by atoms with van der Waals surface area (Å²) < 4.78 is 111. The summed E-state index contributed by atoms with van der Waals surface area (Å²) in [5.41, 5.74) is 13.8. The van der Waals surface area contributed by atoms with E-state index in [0.717, 1.165) is 60.9 Å². The monoisotopic (exact) mass is 1660 g/mol. The summed E-state index contributed by atoms with van der Waals surface area (Å²) >= 11 is 0. The number of terminal acetylenes is 1. The quantitative estimate of drug-likeness (QED) is 0.0113. The number of hydroxylamine groups is 2. The topological polar surface area (TPSA) is 597 Å². The second-order valence-electron chi connectivity index (χ2n) is 24.1. The second kappa shape index (κ2) is 42.8. The second-order valence-corrected chi connectivity index (χ2v) is 24.1. The number of benzene rings is 3. The third-order valence-corrected chi connectivity index (χ3v) is 15.6. The number of aromatic carboxylic acids is 1. The van der Waals surface area contributed by atoms with Crippen LogP contribution in [0.4, 0.5) is 61.2 Å². The molecule has 14 N–H and O–H groups in total. The molecule has 0 saturated carbocycles. The number of nitrogens with zero attached hydrogens (tertiary/aromatic N) is 12. The van der Waals surface area contributed by atoms with Crippen LogP contribution in [-0.2, 0) is 81.7 Å². The van der Waals surface area contributed by atoms with Gasteiger partial charge in [-0.3, -0.25) is 67.9 Å². The van der Waals surface area contributed by atoms with Crippen LogP contribution in [0.5, 0.6) is 0 Å². The molecule has 118 heavy (non-hydrogen) atoms. The number of imide groups is 1. The Hall–Kier alpha value is -14.2. The predicted molar refractivity (Wildman–Crippen MR) is 397 cm³/mol. The van der Waals surface area contributed by atoms with Crippen molar-refractivity contribution in [3.8, 4) is 12.3 Å². The molecule has 0 aliphatic carbocycles. The van der Waals surface area contributed by atoms with Crippen LogP contribution >= 0.6 is 0 Å². The van der Waals surface area contributed by atoms with E-state index in [2.05, 4.69) is 81.7 Å². The highest BCUT2D eigenvalue weighted by molar-refractivity contribution is 6.03. The van der Waals surface area contributed by atoms with E-state index in [4.69, 9.17) is 62.0 Å². The molecular formula is C70H71F6N21O21. The fourth-order valence-electron chi connectivity index (χ4n) is 9.98. The molecule has 1 aliphatic rings. The molecule has 0 unspecified atom stereocenters. The molecule has 0 spiro atoms. The molecule has 0 radical (unpaired) electrons. The minimum absolute atomic E-state index is 0.0543. The van der Waals surface area contributed by atoms with Crippen LogP contribution in [-0.4, -0.2) is 233 Å². The fraction of sp³-hybridized carbons (Fsp3) is 0.329. The Balaban J connectivity index is 0.000000232. The van der Waals surface area contributed by atoms with E-state index >= 15 is 0 Å². The lowest BCUT2D eigenvalue weighted by Crippen LogP contribution is -2.41. The lowest BCUT2D eigenvalue weighted by Gasteiger charge is -2.23. The molecule has 48 heteroatoms. The van der Waals surface area contributed by atoms with E-state index in [0.29, 0.717) is 92.3 Å². The number of nitrogen functional groups attached to an aromatic ring is 3. The number of fused-ring (bicyclic) bond motifs is 3. The summed E-state index contributed by atoms with van der Waals surface area (Å²) in [7, 11) is 0. The van der Waals surface area contributed by atoms with Crippen LogP contribution in [0.25, 0.3) is 33.5 Å². The number of anilines is 6. The Labute approximate surface area is 658 Å². The average Bonchev–Trinajstić information content (AvgIpc) is 0.938. The molecule has 9 aromatic rings. The van der Waals surface area contributed by atoms with Gasteiger partial charge >= 0.3 is 42.1 Å². The Bertz CT molecular complexity index is 5300. The molecule has 1 saturated heterocycles. The number of H-pyrrole nitrogens is 3. The van der Waals surface area contributed by atoms with Gasteiger partial charge in [0.05, 0.1) is 139 Å². The first-order valence-electron chi connectivity index (χ1n) is 34.6. The van der Waals surface area contributed by atoms with Crippen molar-refractivity contribution in [1.29, 1.82) is 0 Å². The zero-order valence-corrected chi connectivity index (χ0v) is 61.5. The molecule has 3 aromatic carbocycles. The number of aromatic amines is 3. The highest BCUT2D eigenvalue weighted by Gasteiger charge is 2.45. The van der Waals surface area contributed by atoms with Gasteiger partial charge in [0.15, 0.2) is 33.5 Å². The summed E-state index contributed by atoms with van der Waals surface area (Å²) in [5.74, 6) is -8.63. The Kier molecular flexibility index (Phi) is 32.4. The molecule has 7 heterocycles. The zero-order chi connectivity index (χ0) is 85.6. The number of amides is 6. The number of nitrogens with one attached hydrogen (secondary N) is 6. The highest BCUT2D eigenvalue weighted by atomic mass is 19.4. The van der Waals surface area contributed by atoms with Crippen molar-refractivity contribution in [1.82, 2.24) is 75.5 Å². The summed E-state index contributed by atoms with van der Waals surface area (Å²) in [6.07, 6.45) is -2.31. The van der Waals surface area contributed by atoms with E-state index < -0.39 is 95.6 Å². The molecule has 1 fully saturated rings. The molecule has 6 amide bonds. The maximum Gasteiger partial charge on any atom is 0.471 e. The van der Waals surface area contributed by atoms with Gasteiger partial charge in [-0.2, -0.15) is 41.3 Å². The number of ether oxygens (including phenoxy) is 6. The first-order valence-corrected chi connectivity index (χ1v) is 34.6. The Morgan fingerprint density at radius 2 is 0.924 bits per heavy atom. The summed E-state index contributed by atoms with van der Waals surface area (Å²) in [5, 5.41) is 27.0. The summed E-state index contributed by atoms with van der Waals surface area (Å²) in [4.78, 5) is 191. The standard InChI is InChI=1S/C34H46N8O11.C20H14F3N7O6.C16H11F3N6O4/c1-2-10-48-12-14-50-16-18-52-20-21-53-19-17-51-15-13-49-11-9-36-28(43)8-7-27(33(46)47)40-31(44)24-3-5-25(6-4-24)37-22-26-23-38-30-29(39-26)32(45)42-34(35)41-30;21-20(22,23)18(35)29(8-10-7-25-15-14(26-10)16(33)28-19(24)27-15)11-3-1-9(2-4-11)17(34)36-30-12(31)5-6-13(30)32;17-16(18,19)14(29)25(9-3-1-7(2-4-9)13(27)28)6-8-5-21-11-10(22-8)12(26)24-15(20)23-11/h1,3-6,23,27,37H,7-22H2,(H,36,43)(H,40,44)(H,46,47)(H3,35,38,41,42,45);1-4,7H,5-6,8H2,(H3,24,25,27,28,33);1-5H,6H2,(H,27,28)(H3,20,21,23,24,26)/t27-;;/m1../s1. The van der Waals surface area contributed by atoms with E-state index in [1.807, 2.05) is 0 Å². The molecule has 42 nitrogen and oxygen atoms in total. The first-order chi connectivity index (χ1) is 56.3. The highest BCUT2D eigenvalue weighted by Crippen LogP contribution is 2.29. The Morgan fingerprint density at radius 1 is 0.534 bits per heavy atom. The van der Waals surface area contributed by atoms with Crippen molar-refractivity contribution in [2.45, 2.75) is 63.7 Å². The molecule has 1 atom stereocenters. The van der Waals surface area contributed by atoms with Gasteiger partial charge in [0, 0.05) is 48.4 Å². The number of halogens is 6. The molecular weight excluding hydrogens is 1580 g/mol. The van der Waals surface area contributed by atoms with E-state index in [1.54, 1.807) is 12.1 Å². The zero-order valence-electron chi connectivity index (χ0n) is 61.5. The van der Waals surface area contributed by atoms with E-state index in [1.165, 1.54) is 18.3 Å². The summed E-state index contributed by atoms with van der Waals surface area (Å²) in [6, 6.07) is 13.4. The minimum Gasteiger partial charge on any atom is -0.480 e. The number of nitrogens with two attached hydrogens (primary N) is 3. The van der Waals surface area contributed by atoms with Gasteiger partial charge in [0.1, 0.15) is 12.6 Å². The third kappa shape index (κ3) is 27.0. The number of aromatic nitrogens is 12. The van der Waals surface area contributed by atoms with Crippen LogP contribution in [0.2, 0.25) is 0 Å². The molecule has 10 rings (SSSR count). The fourth-order valence-corrected chi connectivity index (χ4v) is 9.98. The number of carbonyl (C=O) groups excluding carboxylic acids is 7. The van der Waals surface area contributed by atoms with Crippen LogP contribution in [0, 0.1) is 12.3 Å². The number of alkyl halides is 6. The number of hydrogen-bond donors (Lipinski definition) is 11. The van der Waals surface area contributed by atoms with Crippen molar-refractivity contribution < 1.29 is 113 Å². The maximum absolute atomic E-state index is 13.3. The van der Waals surface area contributed by atoms with Crippen molar-refractivity contribution in [2.75, 3.05) is 118 Å². The van der Waals surface area contributed by atoms with E-state index in [-0.39, 0.29) is 149 Å². The van der Waals surface area contributed by atoms with Crippen LogP contribution in [0.1, 0.15) is 73.8 Å². The molecule has 1 aliphatic heterocycles. The summed E-state index contributed by atoms with van der Waals surface area (Å²) in [6.45, 7) is 3.75. The first kappa shape index (κ1) is 89.4. The van der Waals surface area contributed by atoms with Gasteiger partial charge in [-0.15, -0.1) is 11.5 Å². The van der Waals surface area contributed by atoms with E-state index in [9.17, 15) is 89.0 Å². The van der Waals surface area contributed by atoms with Crippen molar-refractivity contribution >= 4 is 122 Å². The number of carbonyl (C=O) groups is 9. The van der Waals surface area contributed by atoms with Gasteiger partial charge in [-0.05, 0) is 79.2 Å².